The number of para-hydroxylation sites is 2. The zero-order valence-electron chi connectivity index (χ0n) is 10.5. The second-order valence-electron chi connectivity index (χ2n) is 3.91. The average Bonchev–Trinajstić information content (AvgIpc) is 2.93. The third-order valence-electron chi connectivity index (χ3n) is 2.51. The molecule has 1 aromatic carbocycles. The number of hydrogen-bond donors (Lipinski definition) is 2. The number of hydrogen-bond acceptors (Lipinski definition) is 5. The largest absolute Gasteiger partial charge is 0.383 e. The molecule has 0 bridgehead atoms. The predicted octanol–water partition coefficient (Wildman–Crippen LogP) is 0.179. The number of anilines is 1. The number of rotatable bonds is 5. The highest BCUT2D eigenvalue weighted by atomic mass is 16.5. The van der Waals surface area contributed by atoms with Crippen molar-refractivity contribution >= 4 is 11.6 Å². The summed E-state index contributed by atoms with van der Waals surface area (Å²) in [4.78, 5) is 15.7. The van der Waals surface area contributed by atoms with Crippen LogP contribution in [0.15, 0.2) is 36.9 Å². The summed E-state index contributed by atoms with van der Waals surface area (Å²) in [6, 6.07) is 6.55. The summed E-state index contributed by atoms with van der Waals surface area (Å²) in [5.74, 6) is -0.311. The van der Waals surface area contributed by atoms with Crippen molar-refractivity contribution in [3.05, 3.63) is 36.9 Å². The van der Waals surface area contributed by atoms with Crippen molar-refractivity contribution < 1.29 is 9.53 Å². The molecule has 0 aliphatic carbocycles. The first-order chi connectivity index (χ1) is 9.22. The minimum Gasteiger partial charge on any atom is -0.383 e. The highest BCUT2D eigenvalue weighted by Crippen LogP contribution is 2.18. The van der Waals surface area contributed by atoms with Crippen LogP contribution in [0.25, 0.3) is 5.69 Å². The van der Waals surface area contributed by atoms with Crippen LogP contribution in [0.4, 0.5) is 5.69 Å². The summed E-state index contributed by atoms with van der Waals surface area (Å²) in [5.41, 5.74) is 7.01. The van der Waals surface area contributed by atoms with Crippen molar-refractivity contribution in [3.8, 4) is 5.69 Å². The number of benzene rings is 1. The fraction of sp³-hybridized carbons (Fsp3) is 0.250. The zero-order valence-corrected chi connectivity index (χ0v) is 10.5. The maximum Gasteiger partial charge on any atom is 0.243 e. The van der Waals surface area contributed by atoms with Crippen LogP contribution in [0.3, 0.4) is 0 Å². The molecule has 0 saturated carbocycles. The third kappa shape index (κ3) is 3.15. The molecule has 0 aliphatic rings. The first-order valence-corrected chi connectivity index (χ1v) is 5.72. The van der Waals surface area contributed by atoms with Gasteiger partial charge in [-0.1, -0.05) is 12.1 Å². The normalized spacial score (nSPS) is 12.1. The lowest BCUT2D eigenvalue weighted by atomic mass is 10.2. The van der Waals surface area contributed by atoms with Crippen molar-refractivity contribution in [3.63, 3.8) is 0 Å². The molecule has 1 unspecified atom stereocenters. The second-order valence-corrected chi connectivity index (χ2v) is 3.91. The maximum absolute atomic E-state index is 11.9. The van der Waals surface area contributed by atoms with Crippen molar-refractivity contribution in [2.24, 2.45) is 5.73 Å². The molecule has 1 heterocycles. The highest BCUT2D eigenvalue weighted by Gasteiger charge is 2.15. The van der Waals surface area contributed by atoms with Gasteiger partial charge in [0.15, 0.2) is 0 Å². The van der Waals surface area contributed by atoms with Crippen LogP contribution in [0.5, 0.6) is 0 Å². The van der Waals surface area contributed by atoms with E-state index < -0.39 is 6.04 Å². The fourth-order valence-electron chi connectivity index (χ4n) is 1.59. The van der Waals surface area contributed by atoms with Gasteiger partial charge in [-0.15, -0.1) is 0 Å². The number of aromatic nitrogens is 3. The number of methoxy groups -OCH3 is 1. The molecule has 0 aliphatic heterocycles. The van der Waals surface area contributed by atoms with E-state index in [2.05, 4.69) is 15.4 Å². The number of nitrogens with one attached hydrogen (secondary N) is 1. The molecule has 0 fully saturated rings. The van der Waals surface area contributed by atoms with Crippen LogP contribution in [0, 0.1) is 0 Å². The summed E-state index contributed by atoms with van der Waals surface area (Å²) >= 11 is 0. The van der Waals surface area contributed by atoms with E-state index in [1.807, 2.05) is 18.2 Å². The molecule has 7 heteroatoms. The first kappa shape index (κ1) is 13.2. The molecule has 0 spiro atoms. The van der Waals surface area contributed by atoms with Crippen LogP contribution in [-0.2, 0) is 9.53 Å². The monoisotopic (exact) mass is 261 g/mol. The molecule has 0 radical (unpaired) electrons. The van der Waals surface area contributed by atoms with Crippen molar-refractivity contribution in [1.29, 1.82) is 0 Å². The minimum absolute atomic E-state index is 0.164. The minimum atomic E-state index is -0.714. The SMILES string of the molecule is COCC(N)C(=O)Nc1ccccc1-n1cncn1. The maximum atomic E-state index is 11.9. The number of ether oxygens (including phenoxy) is 1. The Hall–Kier alpha value is -2.25. The summed E-state index contributed by atoms with van der Waals surface area (Å²) in [6.07, 6.45) is 2.98. The Morgan fingerprint density at radius 3 is 3.00 bits per heavy atom. The Kier molecular flexibility index (Phi) is 4.22. The average molecular weight is 261 g/mol. The molecular formula is C12H15N5O2. The smallest absolute Gasteiger partial charge is 0.243 e. The van der Waals surface area contributed by atoms with Gasteiger partial charge in [0, 0.05) is 7.11 Å². The molecular weight excluding hydrogens is 246 g/mol. The Morgan fingerprint density at radius 2 is 2.32 bits per heavy atom. The quantitative estimate of drug-likeness (QED) is 0.800. The van der Waals surface area contributed by atoms with Gasteiger partial charge in [0.05, 0.1) is 18.0 Å². The highest BCUT2D eigenvalue weighted by molar-refractivity contribution is 5.96. The van der Waals surface area contributed by atoms with Gasteiger partial charge >= 0.3 is 0 Å². The molecule has 100 valence electrons. The molecule has 1 amide bonds. The molecule has 1 aromatic heterocycles. The molecule has 19 heavy (non-hydrogen) atoms. The van der Waals surface area contributed by atoms with E-state index in [0.717, 1.165) is 5.69 Å². The number of nitrogens with two attached hydrogens (primary N) is 1. The Balaban J connectivity index is 2.19. The van der Waals surface area contributed by atoms with Crippen molar-refractivity contribution in [1.82, 2.24) is 14.8 Å². The van der Waals surface area contributed by atoms with Gasteiger partial charge in [0.1, 0.15) is 18.7 Å². The molecule has 3 N–H and O–H groups in total. The van der Waals surface area contributed by atoms with E-state index in [1.165, 1.54) is 13.4 Å². The lowest BCUT2D eigenvalue weighted by Gasteiger charge is -2.14. The van der Waals surface area contributed by atoms with Crippen LogP contribution < -0.4 is 11.1 Å². The zero-order chi connectivity index (χ0) is 13.7. The number of amides is 1. The molecule has 2 aromatic rings. The summed E-state index contributed by atoms with van der Waals surface area (Å²) in [5, 5.41) is 6.78. The van der Waals surface area contributed by atoms with Gasteiger partial charge in [0.2, 0.25) is 5.91 Å². The van der Waals surface area contributed by atoms with Crippen LogP contribution >= 0.6 is 0 Å². The lowest BCUT2D eigenvalue weighted by Crippen LogP contribution is -2.39. The van der Waals surface area contributed by atoms with E-state index in [0.29, 0.717) is 5.69 Å². The summed E-state index contributed by atoms with van der Waals surface area (Å²) < 4.78 is 6.42. The third-order valence-corrected chi connectivity index (χ3v) is 2.51. The Morgan fingerprint density at radius 1 is 1.53 bits per heavy atom. The van der Waals surface area contributed by atoms with Crippen LogP contribution in [0.2, 0.25) is 0 Å². The molecule has 7 nitrogen and oxygen atoms in total. The van der Waals surface area contributed by atoms with Gasteiger partial charge in [0.25, 0.3) is 0 Å². The number of carbonyl (C=O) groups is 1. The predicted molar refractivity (Wildman–Crippen MR) is 69.8 cm³/mol. The van der Waals surface area contributed by atoms with E-state index in [1.54, 1.807) is 17.1 Å². The van der Waals surface area contributed by atoms with E-state index >= 15 is 0 Å². The number of carbonyl (C=O) groups excluding carboxylic acids is 1. The van der Waals surface area contributed by atoms with Gasteiger partial charge in [-0.3, -0.25) is 4.79 Å². The van der Waals surface area contributed by atoms with Gasteiger partial charge < -0.3 is 15.8 Å². The first-order valence-electron chi connectivity index (χ1n) is 5.72. The topological polar surface area (TPSA) is 95.1 Å². The number of nitrogens with zero attached hydrogens (tertiary/aromatic N) is 3. The molecule has 0 saturated heterocycles. The molecule has 2 rings (SSSR count). The van der Waals surface area contributed by atoms with Gasteiger partial charge in [-0.2, -0.15) is 5.10 Å². The fourth-order valence-corrected chi connectivity index (χ4v) is 1.59. The van der Waals surface area contributed by atoms with Crippen LogP contribution in [0.1, 0.15) is 0 Å². The standard InChI is InChI=1S/C12H15N5O2/c1-19-6-9(13)12(18)16-10-4-2-3-5-11(10)17-8-14-7-15-17/h2-5,7-9H,6,13H2,1H3,(H,16,18). The van der Waals surface area contributed by atoms with Crippen LogP contribution in [-0.4, -0.2) is 40.4 Å². The Labute approximate surface area is 110 Å². The van der Waals surface area contributed by atoms with E-state index in [9.17, 15) is 4.79 Å². The van der Waals surface area contributed by atoms with Gasteiger partial charge in [-0.05, 0) is 12.1 Å². The van der Waals surface area contributed by atoms with E-state index in [-0.39, 0.29) is 12.5 Å². The van der Waals surface area contributed by atoms with Gasteiger partial charge in [-0.25, -0.2) is 9.67 Å². The lowest BCUT2D eigenvalue weighted by molar-refractivity contribution is -0.118. The second kappa shape index (κ2) is 6.07. The summed E-state index contributed by atoms with van der Waals surface area (Å²) in [7, 11) is 1.50. The summed E-state index contributed by atoms with van der Waals surface area (Å²) in [6.45, 7) is 0.164. The van der Waals surface area contributed by atoms with Crippen molar-refractivity contribution in [2.45, 2.75) is 6.04 Å². The Bertz CT molecular complexity index is 541. The van der Waals surface area contributed by atoms with Crippen molar-refractivity contribution in [2.75, 3.05) is 19.0 Å². The van der Waals surface area contributed by atoms with E-state index in [4.69, 9.17) is 10.5 Å². The molecule has 1 atom stereocenters.